The van der Waals surface area contributed by atoms with Gasteiger partial charge in [-0.05, 0) is 56.2 Å². The molecule has 8 heteroatoms. The molecule has 0 fully saturated rings. The fraction of sp³-hybridized carbons (Fsp3) is 0.273. The van der Waals surface area contributed by atoms with Gasteiger partial charge in [0.2, 0.25) is 11.6 Å². The fourth-order valence-corrected chi connectivity index (χ4v) is 6.51. The van der Waals surface area contributed by atoms with Crippen LogP contribution < -0.4 is 10.2 Å². The average molecular weight is 562 g/mol. The minimum Gasteiger partial charge on any atom is -0.343 e. The van der Waals surface area contributed by atoms with E-state index in [0.717, 1.165) is 27.0 Å². The summed E-state index contributed by atoms with van der Waals surface area (Å²) in [7, 11) is 0. The number of hydrogen-bond acceptors (Lipinski definition) is 4. The van der Waals surface area contributed by atoms with Gasteiger partial charge in [0.05, 0.1) is 30.0 Å². The molecule has 5 rings (SSSR count). The first-order chi connectivity index (χ1) is 19.7. The molecule has 0 saturated heterocycles. The fourth-order valence-electron chi connectivity index (χ4n) is 5.24. The van der Waals surface area contributed by atoms with E-state index in [0.29, 0.717) is 23.5 Å². The monoisotopic (exact) mass is 561 g/mol. The first-order valence-electron chi connectivity index (χ1n) is 13.6. The lowest BCUT2D eigenvalue weighted by molar-refractivity contribution is -0.130. The zero-order chi connectivity index (χ0) is 29.3. The maximum Gasteiger partial charge on any atom is 0.251 e. The van der Waals surface area contributed by atoms with Crippen LogP contribution in [0.2, 0.25) is 0 Å². The Labute approximate surface area is 244 Å². The van der Waals surface area contributed by atoms with Crippen molar-refractivity contribution in [1.82, 2.24) is 9.88 Å². The van der Waals surface area contributed by atoms with Crippen LogP contribution in [0, 0.1) is 23.8 Å². The number of anilines is 1. The number of hydrogen-bond donors (Lipinski definition) is 1. The van der Waals surface area contributed by atoms with E-state index in [1.165, 1.54) is 0 Å². The first-order valence-corrected chi connectivity index (χ1v) is 14.4. The summed E-state index contributed by atoms with van der Waals surface area (Å²) in [6.07, 6.45) is 0.682. The number of amides is 2. The number of aromatic nitrogens is 1. The quantitative estimate of drug-likeness (QED) is 0.257. The van der Waals surface area contributed by atoms with Crippen molar-refractivity contribution >= 4 is 45.9 Å². The van der Waals surface area contributed by atoms with Gasteiger partial charge >= 0.3 is 0 Å². The molecule has 2 atom stereocenters. The van der Waals surface area contributed by atoms with Crippen LogP contribution in [0.1, 0.15) is 45.4 Å². The van der Waals surface area contributed by atoms with Crippen molar-refractivity contribution < 1.29 is 9.59 Å². The van der Waals surface area contributed by atoms with E-state index >= 15 is 0 Å². The second kappa shape index (κ2) is 11.2. The summed E-state index contributed by atoms with van der Waals surface area (Å²) in [5.41, 5.74) is 3.91. The normalized spacial score (nSPS) is 16.8. The number of fused-ring (bicyclic) bond motifs is 2. The molecule has 7 nitrogen and oxygen atoms in total. The summed E-state index contributed by atoms with van der Waals surface area (Å²) in [6, 6.07) is 24.2. The molecule has 0 saturated carbocycles. The number of para-hydroxylation sites is 3. The molecule has 0 bridgehead atoms. The van der Waals surface area contributed by atoms with Crippen molar-refractivity contribution in [3.05, 3.63) is 95.5 Å². The van der Waals surface area contributed by atoms with Crippen LogP contribution in [0.15, 0.2) is 77.7 Å². The number of carbonyl (C=O) groups excluding carboxylic acids is 2. The molecule has 0 radical (unpaired) electrons. The van der Waals surface area contributed by atoms with E-state index in [2.05, 4.69) is 16.2 Å². The maximum absolute atomic E-state index is 14.4. The third-order valence-electron chi connectivity index (χ3n) is 7.71. The molecular weight excluding hydrogens is 530 g/mol. The van der Waals surface area contributed by atoms with Crippen LogP contribution in [0.25, 0.3) is 21.4 Å². The molecule has 41 heavy (non-hydrogen) atoms. The van der Waals surface area contributed by atoms with E-state index in [4.69, 9.17) is 6.57 Å². The number of thioether (sulfide) groups is 1. The Hall–Kier alpha value is -4.53. The van der Waals surface area contributed by atoms with Crippen LogP contribution >= 0.6 is 11.8 Å². The number of carbonyl (C=O) groups is 2. The van der Waals surface area contributed by atoms with Crippen molar-refractivity contribution in [2.75, 3.05) is 4.90 Å². The predicted molar refractivity (Wildman–Crippen MR) is 163 cm³/mol. The molecule has 0 unspecified atom stereocenters. The van der Waals surface area contributed by atoms with Crippen molar-refractivity contribution in [3.63, 3.8) is 0 Å². The summed E-state index contributed by atoms with van der Waals surface area (Å²) < 4.78 is 1.20. The highest BCUT2D eigenvalue weighted by molar-refractivity contribution is 8.01. The molecule has 206 valence electrons. The second-order valence-electron chi connectivity index (χ2n) is 10.8. The smallest absolute Gasteiger partial charge is 0.251 e. The van der Waals surface area contributed by atoms with Gasteiger partial charge in [-0.25, -0.2) is 4.85 Å². The summed E-state index contributed by atoms with van der Waals surface area (Å²) in [6.45, 7) is 15.7. The molecule has 4 aromatic rings. The highest BCUT2D eigenvalue weighted by atomic mass is 32.2. The van der Waals surface area contributed by atoms with Crippen molar-refractivity contribution in [2.24, 2.45) is 5.92 Å². The molecule has 1 N–H and O–H groups in total. The lowest BCUT2D eigenvalue weighted by Crippen LogP contribution is -2.57. The van der Waals surface area contributed by atoms with Gasteiger partial charge in [-0.1, -0.05) is 56.3 Å². The van der Waals surface area contributed by atoms with Crippen molar-refractivity contribution in [1.29, 1.82) is 5.26 Å². The molecule has 2 amide bonds. The molecule has 1 aliphatic rings. The maximum atomic E-state index is 14.4. The van der Waals surface area contributed by atoms with Gasteiger partial charge in [-0.2, -0.15) is 5.26 Å². The van der Waals surface area contributed by atoms with Crippen LogP contribution in [-0.4, -0.2) is 27.2 Å². The minimum atomic E-state index is -0.745. The number of rotatable bonds is 6. The number of nitrogens with one attached hydrogen (secondary N) is 1. The summed E-state index contributed by atoms with van der Waals surface area (Å²) in [5, 5.41) is 13.9. The SMILES string of the molecule is [C-]#[N+]c1ccccc1-n1c(C#N)cc2c(CN3C(=O)[C@@H](NC(=O)[C@H](C)CC)C(C)(C)Sc4ccccc43)cccc21. The second-order valence-corrected chi connectivity index (χ2v) is 12.5. The summed E-state index contributed by atoms with van der Waals surface area (Å²) in [5.74, 6) is -0.528. The highest BCUT2D eigenvalue weighted by Crippen LogP contribution is 2.45. The standard InChI is InChI=1S/C33H31N5O2S/c1-6-21(2)31(39)36-30-32(40)37(28-15-9-10-17-29(28)41-33(30,3)4)20-22-12-11-16-26-24(22)18-23(19-34)38(26)27-14-8-7-13-25(27)35-5/h7-18,21,30H,6,20H2,1-4H3,(H,36,39)/t21-,30-/m1/s1. The van der Waals surface area contributed by atoms with Gasteiger partial charge in [0.15, 0.2) is 0 Å². The minimum absolute atomic E-state index is 0.137. The Morgan fingerprint density at radius 2 is 1.83 bits per heavy atom. The zero-order valence-corrected chi connectivity index (χ0v) is 24.3. The van der Waals surface area contributed by atoms with Gasteiger partial charge in [-0.3, -0.25) is 9.59 Å². The van der Waals surface area contributed by atoms with Crippen LogP contribution in [0.3, 0.4) is 0 Å². The molecule has 2 heterocycles. The zero-order valence-electron chi connectivity index (χ0n) is 23.5. The van der Waals surface area contributed by atoms with Crippen LogP contribution in [0.5, 0.6) is 0 Å². The molecule has 1 aliphatic heterocycles. The topological polar surface area (TPSA) is 82.5 Å². The van der Waals surface area contributed by atoms with E-state index in [1.54, 1.807) is 33.4 Å². The lowest BCUT2D eigenvalue weighted by atomic mass is 9.99. The third kappa shape index (κ3) is 5.08. The molecule has 1 aromatic heterocycles. The number of nitriles is 1. The lowest BCUT2D eigenvalue weighted by Gasteiger charge is -2.33. The van der Waals surface area contributed by atoms with Gasteiger partial charge < -0.3 is 14.8 Å². The number of benzene rings is 3. The van der Waals surface area contributed by atoms with E-state index in [-0.39, 0.29) is 24.3 Å². The molecule has 3 aromatic carbocycles. The van der Waals surface area contributed by atoms with Crippen molar-refractivity contribution in [3.8, 4) is 11.8 Å². The molecule has 0 spiro atoms. The largest absolute Gasteiger partial charge is 0.343 e. The van der Waals surface area contributed by atoms with Gasteiger partial charge in [0.25, 0.3) is 5.91 Å². The average Bonchev–Trinajstić information content (AvgIpc) is 3.34. The third-order valence-corrected chi connectivity index (χ3v) is 9.03. The number of nitrogens with zero attached hydrogens (tertiary/aromatic N) is 4. The van der Waals surface area contributed by atoms with E-state index in [9.17, 15) is 14.9 Å². The Morgan fingerprint density at radius 3 is 2.54 bits per heavy atom. The Kier molecular flexibility index (Phi) is 7.62. The van der Waals surface area contributed by atoms with Gasteiger partial charge in [0, 0.05) is 20.9 Å². The Morgan fingerprint density at radius 1 is 1.12 bits per heavy atom. The molecular formula is C33H31N5O2S. The predicted octanol–water partition coefficient (Wildman–Crippen LogP) is 7.00. The Bertz CT molecular complexity index is 1740. The molecule has 0 aliphatic carbocycles. The van der Waals surface area contributed by atoms with E-state index < -0.39 is 10.8 Å². The van der Waals surface area contributed by atoms with E-state index in [1.807, 2.05) is 88.4 Å². The summed E-state index contributed by atoms with van der Waals surface area (Å²) >= 11 is 1.59. The van der Waals surface area contributed by atoms with Gasteiger partial charge in [0.1, 0.15) is 17.8 Å². The van der Waals surface area contributed by atoms with Crippen molar-refractivity contribution in [2.45, 2.75) is 56.3 Å². The first kappa shape index (κ1) is 28.0. The Balaban J connectivity index is 1.63. The van der Waals surface area contributed by atoms with Crippen LogP contribution in [-0.2, 0) is 16.1 Å². The van der Waals surface area contributed by atoms with Crippen LogP contribution in [0.4, 0.5) is 11.4 Å². The highest BCUT2D eigenvalue weighted by Gasteiger charge is 2.44. The van der Waals surface area contributed by atoms with Gasteiger partial charge in [-0.15, -0.1) is 11.8 Å². The summed E-state index contributed by atoms with van der Waals surface area (Å²) in [4.78, 5) is 33.7.